The Bertz CT molecular complexity index is 574. The van der Waals surface area contributed by atoms with E-state index in [2.05, 4.69) is 40.1 Å². The number of hydrogen-bond acceptors (Lipinski definition) is 2. The van der Waals surface area contributed by atoms with Crippen molar-refractivity contribution in [3.05, 3.63) is 71.5 Å². The molecule has 2 aromatic carbocycles. The molecule has 0 saturated carbocycles. The van der Waals surface area contributed by atoms with Gasteiger partial charge in [-0.3, -0.25) is 0 Å². The Balaban J connectivity index is 1.36. The molecule has 1 aliphatic rings. The average molecular weight is 312 g/mol. The Morgan fingerprint density at radius 1 is 0.652 bits per heavy atom. The lowest BCUT2D eigenvalue weighted by Crippen LogP contribution is -2.47. The summed E-state index contributed by atoms with van der Waals surface area (Å²) in [6.07, 6.45) is 2.14. The van der Waals surface area contributed by atoms with Crippen LogP contribution in [0.2, 0.25) is 0 Å². The highest BCUT2D eigenvalue weighted by Gasteiger charge is 2.16. The van der Waals surface area contributed by atoms with E-state index < -0.39 is 0 Å². The first kappa shape index (κ1) is 16.2. The van der Waals surface area contributed by atoms with Crippen LogP contribution in [0.15, 0.2) is 54.6 Å². The lowest BCUT2D eigenvalue weighted by Gasteiger charge is -2.34. The number of hydrogen-bond donors (Lipinski definition) is 0. The molecule has 2 nitrogen and oxygen atoms in total. The normalized spacial score (nSPS) is 16.6. The maximum atomic E-state index is 12.9. The van der Waals surface area contributed by atoms with Crippen LogP contribution in [0.25, 0.3) is 0 Å². The van der Waals surface area contributed by atoms with Gasteiger partial charge < -0.3 is 9.80 Å². The van der Waals surface area contributed by atoms with Crippen LogP contribution in [0.5, 0.6) is 0 Å². The van der Waals surface area contributed by atoms with Gasteiger partial charge in [-0.1, -0.05) is 42.5 Å². The zero-order valence-corrected chi connectivity index (χ0v) is 13.6. The van der Waals surface area contributed by atoms with E-state index in [0.29, 0.717) is 0 Å². The fraction of sp³-hybridized carbons (Fsp3) is 0.400. The lowest BCUT2D eigenvalue weighted by molar-refractivity contribution is 0.134. The molecule has 1 aliphatic heterocycles. The highest BCUT2D eigenvalue weighted by molar-refractivity contribution is 5.16. The molecule has 0 unspecified atom stereocenters. The minimum Gasteiger partial charge on any atom is -0.300 e. The van der Waals surface area contributed by atoms with E-state index in [-0.39, 0.29) is 5.82 Å². The van der Waals surface area contributed by atoms with Gasteiger partial charge in [0.2, 0.25) is 0 Å². The quantitative estimate of drug-likeness (QED) is 0.808. The number of piperazine rings is 1. The van der Waals surface area contributed by atoms with E-state index in [0.717, 1.165) is 52.1 Å². The summed E-state index contributed by atoms with van der Waals surface area (Å²) in [4.78, 5) is 5.07. The predicted molar refractivity (Wildman–Crippen MR) is 93.1 cm³/mol. The molecule has 1 heterocycles. The highest BCUT2D eigenvalue weighted by atomic mass is 19.1. The molecule has 1 fully saturated rings. The standard InChI is InChI=1S/C20H25FN2/c21-20-8-6-19(7-9-20)11-13-23-16-14-22(15-17-23)12-10-18-4-2-1-3-5-18/h1-9H,10-17H2. The molecular formula is C20H25FN2. The van der Waals surface area contributed by atoms with Crippen molar-refractivity contribution in [2.45, 2.75) is 12.8 Å². The van der Waals surface area contributed by atoms with Crippen molar-refractivity contribution in [1.29, 1.82) is 0 Å². The summed E-state index contributed by atoms with van der Waals surface area (Å²) >= 11 is 0. The molecule has 0 amide bonds. The topological polar surface area (TPSA) is 6.48 Å². The van der Waals surface area contributed by atoms with Crippen LogP contribution in [0.4, 0.5) is 4.39 Å². The minimum absolute atomic E-state index is 0.152. The summed E-state index contributed by atoms with van der Waals surface area (Å²) in [7, 11) is 0. The fourth-order valence-corrected chi connectivity index (χ4v) is 3.11. The number of benzene rings is 2. The third-order valence-electron chi connectivity index (χ3n) is 4.65. The Morgan fingerprint density at radius 2 is 1.13 bits per heavy atom. The van der Waals surface area contributed by atoms with E-state index in [1.165, 1.54) is 11.1 Å². The first-order valence-corrected chi connectivity index (χ1v) is 8.53. The smallest absolute Gasteiger partial charge is 0.123 e. The molecule has 0 atom stereocenters. The van der Waals surface area contributed by atoms with Gasteiger partial charge >= 0.3 is 0 Å². The summed E-state index contributed by atoms with van der Waals surface area (Å²) in [5.74, 6) is -0.152. The van der Waals surface area contributed by atoms with E-state index in [1.807, 2.05) is 12.1 Å². The molecular weight excluding hydrogens is 287 g/mol. The van der Waals surface area contributed by atoms with Crippen molar-refractivity contribution in [3.63, 3.8) is 0 Å². The Kier molecular flexibility index (Phi) is 5.78. The third-order valence-corrected chi connectivity index (χ3v) is 4.65. The molecule has 0 radical (unpaired) electrons. The molecule has 2 aromatic rings. The molecule has 3 rings (SSSR count). The van der Waals surface area contributed by atoms with E-state index >= 15 is 0 Å². The predicted octanol–water partition coefficient (Wildman–Crippen LogP) is 3.23. The van der Waals surface area contributed by atoms with Crippen molar-refractivity contribution < 1.29 is 4.39 Å². The van der Waals surface area contributed by atoms with Gasteiger partial charge in [0, 0.05) is 39.3 Å². The zero-order chi connectivity index (χ0) is 15.9. The van der Waals surface area contributed by atoms with Gasteiger partial charge in [-0.25, -0.2) is 4.39 Å². The fourth-order valence-electron chi connectivity index (χ4n) is 3.11. The molecule has 0 aromatic heterocycles. The first-order chi connectivity index (χ1) is 11.3. The van der Waals surface area contributed by atoms with Crippen molar-refractivity contribution in [3.8, 4) is 0 Å². The van der Waals surface area contributed by atoms with Gasteiger partial charge in [0.1, 0.15) is 5.82 Å². The summed E-state index contributed by atoms with van der Waals surface area (Å²) in [6.45, 7) is 6.78. The van der Waals surface area contributed by atoms with Gasteiger partial charge in [0.05, 0.1) is 0 Å². The minimum atomic E-state index is -0.152. The summed E-state index contributed by atoms with van der Waals surface area (Å²) in [5.41, 5.74) is 2.64. The van der Waals surface area contributed by atoms with Crippen LogP contribution in [0.3, 0.4) is 0 Å². The number of nitrogens with zero attached hydrogens (tertiary/aromatic N) is 2. The van der Waals surface area contributed by atoms with Gasteiger partial charge in [0.25, 0.3) is 0 Å². The number of rotatable bonds is 6. The first-order valence-electron chi connectivity index (χ1n) is 8.53. The van der Waals surface area contributed by atoms with Crippen molar-refractivity contribution in [2.75, 3.05) is 39.3 Å². The maximum Gasteiger partial charge on any atom is 0.123 e. The zero-order valence-electron chi connectivity index (χ0n) is 13.6. The van der Waals surface area contributed by atoms with Crippen LogP contribution >= 0.6 is 0 Å². The van der Waals surface area contributed by atoms with Crippen molar-refractivity contribution >= 4 is 0 Å². The van der Waals surface area contributed by atoms with Crippen LogP contribution in [0.1, 0.15) is 11.1 Å². The molecule has 0 N–H and O–H groups in total. The summed E-state index contributed by atoms with van der Waals surface area (Å²) < 4.78 is 12.9. The van der Waals surface area contributed by atoms with E-state index in [9.17, 15) is 4.39 Å². The van der Waals surface area contributed by atoms with E-state index in [1.54, 1.807) is 12.1 Å². The largest absolute Gasteiger partial charge is 0.300 e. The second kappa shape index (κ2) is 8.23. The van der Waals surface area contributed by atoms with Crippen LogP contribution in [-0.2, 0) is 12.8 Å². The maximum absolute atomic E-state index is 12.9. The van der Waals surface area contributed by atoms with Crippen molar-refractivity contribution in [2.24, 2.45) is 0 Å². The molecule has 0 bridgehead atoms. The Morgan fingerprint density at radius 3 is 1.65 bits per heavy atom. The molecule has 23 heavy (non-hydrogen) atoms. The van der Waals surface area contributed by atoms with Crippen LogP contribution in [-0.4, -0.2) is 49.1 Å². The van der Waals surface area contributed by atoms with E-state index in [4.69, 9.17) is 0 Å². The Hall–Kier alpha value is -1.71. The van der Waals surface area contributed by atoms with Gasteiger partial charge in [-0.05, 0) is 36.1 Å². The molecule has 0 aliphatic carbocycles. The second-order valence-electron chi connectivity index (χ2n) is 6.30. The lowest BCUT2D eigenvalue weighted by atomic mass is 10.1. The molecule has 1 saturated heterocycles. The molecule has 122 valence electrons. The monoisotopic (exact) mass is 312 g/mol. The summed E-state index contributed by atoms with van der Waals surface area (Å²) in [5, 5.41) is 0. The SMILES string of the molecule is Fc1ccc(CCN2CCN(CCc3ccccc3)CC2)cc1. The highest BCUT2D eigenvalue weighted by Crippen LogP contribution is 2.08. The molecule has 3 heteroatoms. The third kappa shape index (κ3) is 5.15. The molecule has 0 spiro atoms. The summed E-state index contributed by atoms with van der Waals surface area (Å²) in [6, 6.07) is 17.6. The average Bonchev–Trinajstić information content (AvgIpc) is 2.61. The van der Waals surface area contributed by atoms with Crippen molar-refractivity contribution in [1.82, 2.24) is 9.80 Å². The second-order valence-corrected chi connectivity index (χ2v) is 6.30. The van der Waals surface area contributed by atoms with Gasteiger partial charge in [0.15, 0.2) is 0 Å². The van der Waals surface area contributed by atoms with Crippen LogP contribution in [0, 0.1) is 5.82 Å². The number of halogens is 1. The van der Waals surface area contributed by atoms with Crippen LogP contribution < -0.4 is 0 Å². The van der Waals surface area contributed by atoms with Gasteiger partial charge in [-0.15, -0.1) is 0 Å². The van der Waals surface area contributed by atoms with Gasteiger partial charge in [-0.2, -0.15) is 0 Å². The Labute approximate surface area is 138 Å².